The molecule has 4 heteroatoms. The van der Waals surface area contributed by atoms with Crippen molar-refractivity contribution in [1.82, 2.24) is 0 Å². The molecule has 0 bridgehead atoms. The maximum atomic E-state index is 11.7. The van der Waals surface area contributed by atoms with Crippen molar-refractivity contribution >= 4 is 5.97 Å². The smallest absolute Gasteiger partial charge is 0.314 e. The zero-order valence-corrected chi connectivity index (χ0v) is 11.0. The zero-order chi connectivity index (χ0) is 13.5. The Labute approximate surface area is 112 Å². The Morgan fingerprint density at radius 2 is 2.00 bits per heavy atom. The molecule has 19 heavy (non-hydrogen) atoms. The maximum absolute atomic E-state index is 11.7. The zero-order valence-electron chi connectivity index (χ0n) is 11.0. The van der Waals surface area contributed by atoms with Crippen molar-refractivity contribution in [2.45, 2.75) is 31.6 Å². The topological polar surface area (TPSA) is 55.8 Å². The number of carboxylic acids is 1. The first-order valence-corrected chi connectivity index (χ1v) is 6.79. The first-order chi connectivity index (χ1) is 9.15. The highest BCUT2D eigenvalue weighted by atomic mass is 16.6. The molecule has 1 aliphatic carbocycles. The molecule has 0 spiro atoms. The number of rotatable bonds is 3. The highest BCUT2D eigenvalue weighted by molar-refractivity contribution is 5.83. The summed E-state index contributed by atoms with van der Waals surface area (Å²) in [6.45, 7) is 3.18. The van der Waals surface area contributed by atoms with Crippen LogP contribution in [0.3, 0.4) is 0 Å². The molecule has 0 radical (unpaired) electrons. The summed E-state index contributed by atoms with van der Waals surface area (Å²) in [5.41, 5.74) is 0.116. The van der Waals surface area contributed by atoms with Gasteiger partial charge < -0.3 is 14.6 Å². The fourth-order valence-corrected chi connectivity index (χ4v) is 3.09. The number of aliphatic carboxylic acids is 1. The van der Waals surface area contributed by atoms with Crippen LogP contribution in [0.4, 0.5) is 0 Å². The molecular formula is C15H18O4. The Balaban J connectivity index is 1.94. The largest absolute Gasteiger partial charge is 0.486 e. The molecule has 1 saturated carbocycles. The number of benzene rings is 1. The van der Waals surface area contributed by atoms with Gasteiger partial charge in [-0.25, -0.2) is 0 Å². The number of carbonyl (C=O) groups is 1. The van der Waals surface area contributed by atoms with Gasteiger partial charge in [-0.1, -0.05) is 19.4 Å². The van der Waals surface area contributed by atoms with Crippen molar-refractivity contribution in [3.63, 3.8) is 0 Å². The second-order valence-electron chi connectivity index (χ2n) is 5.43. The van der Waals surface area contributed by atoms with Gasteiger partial charge in [-0.3, -0.25) is 4.79 Å². The average molecular weight is 262 g/mol. The van der Waals surface area contributed by atoms with Crippen LogP contribution in [0.25, 0.3) is 0 Å². The standard InChI is InChI=1S/C15H18O4/c1-2-10-8-15(9-10,14(16)17)11-3-4-12-13(7-11)19-6-5-18-12/h3-4,7,10H,2,5-6,8-9H2,1H3,(H,16,17). The predicted molar refractivity (Wildman–Crippen MR) is 69.8 cm³/mol. The minimum absolute atomic E-state index is 0.518. The van der Waals surface area contributed by atoms with Crippen LogP contribution in [0.5, 0.6) is 11.5 Å². The number of hydrogen-bond donors (Lipinski definition) is 1. The molecule has 4 nitrogen and oxygen atoms in total. The number of hydrogen-bond acceptors (Lipinski definition) is 3. The Bertz CT molecular complexity index is 503. The Kier molecular flexibility index (Phi) is 2.88. The molecule has 2 aliphatic rings. The van der Waals surface area contributed by atoms with Gasteiger partial charge in [-0.05, 0) is 36.5 Å². The lowest BCUT2D eigenvalue weighted by atomic mass is 9.58. The molecule has 3 rings (SSSR count). The Hall–Kier alpha value is -1.71. The van der Waals surface area contributed by atoms with E-state index in [0.29, 0.717) is 30.6 Å². The third-order valence-electron chi connectivity index (χ3n) is 4.36. The van der Waals surface area contributed by atoms with Gasteiger partial charge in [0, 0.05) is 0 Å². The van der Waals surface area contributed by atoms with Crippen LogP contribution < -0.4 is 9.47 Å². The molecule has 1 aromatic carbocycles. The first kappa shape index (κ1) is 12.3. The Morgan fingerprint density at radius 3 is 2.63 bits per heavy atom. The third-order valence-corrected chi connectivity index (χ3v) is 4.36. The van der Waals surface area contributed by atoms with Gasteiger partial charge in [0.1, 0.15) is 13.2 Å². The summed E-state index contributed by atoms with van der Waals surface area (Å²) in [4.78, 5) is 11.7. The van der Waals surface area contributed by atoms with Gasteiger partial charge in [0.2, 0.25) is 0 Å². The maximum Gasteiger partial charge on any atom is 0.314 e. The lowest BCUT2D eigenvalue weighted by molar-refractivity contribution is -0.149. The summed E-state index contributed by atoms with van der Waals surface area (Å²) in [6, 6.07) is 5.54. The van der Waals surface area contributed by atoms with Crippen LogP contribution in [0.2, 0.25) is 0 Å². The summed E-state index contributed by atoms with van der Waals surface area (Å²) in [5.74, 6) is 1.17. The molecule has 102 valence electrons. The second-order valence-corrected chi connectivity index (χ2v) is 5.43. The van der Waals surface area contributed by atoms with Crippen LogP contribution in [-0.4, -0.2) is 24.3 Å². The van der Waals surface area contributed by atoms with Crippen molar-refractivity contribution in [1.29, 1.82) is 0 Å². The van der Waals surface area contributed by atoms with Gasteiger partial charge >= 0.3 is 5.97 Å². The molecule has 0 atom stereocenters. The molecule has 0 amide bonds. The van der Waals surface area contributed by atoms with E-state index in [9.17, 15) is 9.90 Å². The number of ether oxygens (including phenoxy) is 2. The van der Waals surface area contributed by atoms with Gasteiger partial charge in [0.15, 0.2) is 11.5 Å². The molecule has 1 aromatic rings. The first-order valence-electron chi connectivity index (χ1n) is 6.79. The van der Waals surface area contributed by atoms with Crippen molar-refractivity contribution in [3.8, 4) is 11.5 Å². The minimum atomic E-state index is -0.728. The summed E-state index contributed by atoms with van der Waals surface area (Å²) in [7, 11) is 0. The van der Waals surface area contributed by atoms with Crippen LogP contribution in [0, 0.1) is 5.92 Å². The third kappa shape index (κ3) is 1.86. The van der Waals surface area contributed by atoms with Gasteiger partial charge in [0.05, 0.1) is 5.41 Å². The summed E-state index contributed by atoms with van der Waals surface area (Å²) < 4.78 is 11.0. The van der Waals surface area contributed by atoms with Crippen LogP contribution >= 0.6 is 0 Å². The van der Waals surface area contributed by atoms with Gasteiger partial charge in [0.25, 0.3) is 0 Å². The fraction of sp³-hybridized carbons (Fsp3) is 0.533. The number of carboxylic acid groups (broad SMARTS) is 1. The van der Waals surface area contributed by atoms with E-state index >= 15 is 0 Å². The summed E-state index contributed by atoms with van der Waals surface area (Å²) in [6.07, 6.45) is 2.48. The van der Waals surface area contributed by atoms with E-state index < -0.39 is 11.4 Å². The summed E-state index contributed by atoms with van der Waals surface area (Å²) in [5, 5.41) is 9.58. The van der Waals surface area contributed by atoms with E-state index in [1.165, 1.54) is 0 Å². The lowest BCUT2D eigenvalue weighted by Crippen LogP contribution is -2.47. The monoisotopic (exact) mass is 262 g/mol. The molecule has 0 saturated heterocycles. The van der Waals surface area contributed by atoms with E-state index in [2.05, 4.69) is 6.92 Å². The predicted octanol–water partition coefficient (Wildman–Crippen LogP) is 2.60. The van der Waals surface area contributed by atoms with E-state index in [1.807, 2.05) is 18.2 Å². The summed E-state index contributed by atoms with van der Waals surface area (Å²) >= 11 is 0. The van der Waals surface area contributed by atoms with E-state index in [4.69, 9.17) is 9.47 Å². The molecule has 1 heterocycles. The van der Waals surface area contributed by atoms with Crippen molar-refractivity contribution in [2.24, 2.45) is 5.92 Å². The van der Waals surface area contributed by atoms with Crippen molar-refractivity contribution < 1.29 is 19.4 Å². The fourth-order valence-electron chi connectivity index (χ4n) is 3.09. The Morgan fingerprint density at radius 1 is 1.32 bits per heavy atom. The minimum Gasteiger partial charge on any atom is -0.486 e. The van der Waals surface area contributed by atoms with Gasteiger partial charge in [-0.2, -0.15) is 0 Å². The van der Waals surface area contributed by atoms with Crippen LogP contribution in [0.1, 0.15) is 31.7 Å². The number of fused-ring (bicyclic) bond motifs is 1. The normalized spacial score (nSPS) is 28.6. The molecular weight excluding hydrogens is 244 g/mol. The van der Waals surface area contributed by atoms with E-state index in [0.717, 1.165) is 24.8 Å². The average Bonchev–Trinajstić information content (AvgIpc) is 2.37. The second kappa shape index (κ2) is 4.44. The van der Waals surface area contributed by atoms with Crippen LogP contribution in [-0.2, 0) is 10.2 Å². The molecule has 1 aliphatic heterocycles. The highest BCUT2D eigenvalue weighted by Crippen LogP contribution is 2.50. The molecule has 1 N–H and O–H groups in total. The van der Waals surface area contributed by atoms with Crippen molar-refractivity contribution in [3.05, 3.63) is 23.8 Å². The lowest BCUT2D eigenvalue weighted by Gasteiger charge is -2.44. The SMILES string of the molecule is CCC1CC(C(=O)O)(c2ccc3c(c2)OCCO3)C1. The van der Waals surface area contributed by atoms with E-state index in [1.54, 1.807) is 0 Å². The van der Waals surface area contributed by atoms with Crippen LogP contribution in [0.15, 0.2) is 18.2 Å². The quantitative estimate of drug-likeness (QED) is 0.909. The molecule has 0 aromatic heterocycles. The molecule has 1 fully saturated rings. The highest BCUT2D eigenvalue weighted by Gasteiger charge is 2.51. The van der Waals surface area contributed by atoms with Gasteiger partial charge in [-0.15, -0.1) is 0 Å². The molecule has 0 unspecified atom stereocenters. The van der Waals surface area contributed by atoms with E-state index in [-0.39, 0.29) is 0 Å². The van der Waals surface area contributed by atoms with Crippen molar-refractivity contribution in [2.75, 3.05) is 13.2 Å².